The third kappa shape index (κ3) is 3.48. The highest BCUT2D eigenvalue weighted by Crippen LogP contribution is 2.32. The van der Waals surface area contributed by atoms with Crippen molar-refractivity contribution in [3.05, 3.63) is 0 Å². The first-order chi connectivity index (χ1) is 7.56. The highest BCUT2D eigenvalue weighted by Gasteiger charge is 2.31. The summed E-state index contributed by atoms with van der Waals surface area (Å²) in [6.45, 7) is 8.42. The van der Waals surface area contributed by atoms with Gasteiger partial charge in [-0.15, -0.1) is 0 Å². The van der Waals surface area contributed by atoms with Crippen LogP contribution < -0.4 is 0 Å². The van der Waals surface area contributed by atoms with Crippen LogP contribution in [0.4, 0.5) is 0 Å². The Balaban J connectivity index is 2.57. The summed E-state index contributed by atoms with van der Waals surface area (Å²) >= 11 is 0. The van der Waals surface area contributed by atoms with E-state index in [0.29, 0.717) is 24.4 Å². The molecule has 0 heterocycles. The Hall–Kier alpha value is -0.570. The van der Waals surface area contributed by atoms with Crippen LogP contribution in [0.25, 0.3) is 0 Å². The van der Waals surface area contributed by atoms with Crippen molar-refractivity contribution in [3.63, 3.8) is 0 Å². The molecule has 16 heavy (non-hydrogen) atoms. The van der Waals surface area contributed by atoms with E-state index in [1.165, 1.54) is 19.3 Å². The van der Waals surface area contributed by atoms with Crippen LogP contribution in [-0.2, 0) is 4.79 Å². The molecule has 3 nitrogen and oxygen atoms in total. The molecule has 0 aromatic heterocycles. The second-order valence-corrected chi connectivity index (χ2v) is 5.15. The Kier molecular flexibility index (Phi) is 5.26. The molecule has 3 heteroatoms. The molecule has 2 unspecified atom stereocenters. The summed E-state index contributed by atoms with van der Waals surface area (Å²) in [5, 5.41) is 8.76. The first-order valence-corrected chi connectivity index (χ1v) is 6.52. The maximum absolute atomic E-state index is 10.6. The van der Waals surface area contributed by atoms with E-state index in [9.17, 15) is 4.79 Å². The Morgan fingerprint density at radius 2 is 1.88 bits per heavy atom. The zero-order chi connectivity index (χ0) is 12.1. The lowest BCUT2D eigenvalue weighted by molar-refractivity contribution is -0.137. The normalized spacial score (nSPS) is 30.6. The fourth-order valence-electron chi connectivity index (χ4n) is 3.14. The monoisotopic (exact) mass is 227 g/mol. The number of aliphatic carboxylic acids is 1. The van der Waals surface area contributed by atoms with Crippen molar-refractivity contribution in [3.8, 4) is 0 Å². The van der Waals surface area contributed by atoms with Gasteiger partial charge in [0.1, 0.15) is 0 Å². The fourth-order valence-corrected chi connectivity index (χ4v) is 3.14. The molecule has 1 aliphatic carbocycles. The van der Waals surface area contributed by atoms with Crippen LogP contribution >= 0.6 is 0 Å². The van der Waals surface area contributed by atoms with E-state index < -0.39 is 5.97 Å². The molecule has 1 N–H and O–H groups in total. The average molecular weight is 227 g/mol. The molecular weight excluding hydrogens is 202 g/mol. The summed E-state index contributed by atoms with van der Waals surface area (Å²) in [5.41, 5.74) is 0. The maximum Gasteiger partial charge on any atom is 0.304 e. The summed E-state index contributed by atoms with van der Waals surface area (Å²) in [5.74, 6) is 0.726. The average Bonchev–Trinajstić information content (AvgIpc) is 2.22. The van der Waals surface area contributed by atoms with Gasteiger partial charge in [-0.3, -0.25) is 9.69 Å². The molecule has 1 fully saturated rings. The zero-order valence-electron chi connectivity index (χ0n) is 10.8. The molecule has 94 valence electrons. The van der Waals surface area contributed by atoms with Gasteiger partial charge >= 0.3 is 5.97 Å². The Morgan fingerprint density at radius 3 is 2.31 bits per heavy atom. The first-order valence-electron chi connectivity index (χ1n) is 6.52. The molecule has 0 aromatic carbocycles. The van der Waals surface area contributed by atoms with Gasteiger partial charge in [0.25, 0.3) is 0 Å². The fraction of sp³-hybridized carbons (Fsp3) is 0.923. The number of nitrogens with zero attached hydrogens (tertiary/aromatic N) is 1. The molecule has 0 bridgehead atoms. The molecule has 2 atom stereocenters. The van der Waals surface area contributed by atoms with Crippen LogP contribution in [0.2, 0.25) is 0 Å². The van der Waals surface area contributed by atoms with Crippen LogP contribution in [-0.4, -0.2) is 35.1 Å². The zero-order valence-corrected chi connectivity index (χ0v) is 10.8. The minimum absolute atomic E-state index is 0.268. The number of hydrogen-bond acceptors (Lipinski definition) is 2. The van der Waals surface area contributed by atoms with E-state index in [4.69, 9.17) is 5.11 Å². The van der Waals surface area contributed by atoms with Gasteiger partial charge in [-0.1, -0.05) is 27.2 Å². The third-order valence-electron chi connectivity index (χ3n) is 3.93. The van der Waals surface area contributed by atoms with Gasteiger partial charge in [-0.05, 0) is 31.2 Å². The molecule has 0 saturated heterocycles. The number of rotatable bonds is 5. The summed E-state index contributed by atoms with van der Waals surface area (Å²) in [6, 6.07) is 0.582. The largest absolute Gasteiger partial charge is 0.481 e. The van der Waals surface area contributed by atoms with E-state index in [-0.39, 0.29) is 6.42 Å². The van der Waals surface area contributed by atoms with Gasteiger partial charge in [0.05, 0.1) is 6.42 Å². The number of carboxylic acids is 1. The van der Waals surface area contributed by atoms with Crippen LogP contribution in [0, 0.1) is 11.8 Å². The molecule has 1 aliphatic rings. The number of carbonyl (C=O) groups is 1. The quantitative estimate of drug-likeness (QED) is 0.785. The molecule has 0 aromatic rings. The minimum Gasteiger partial charge on any atom is -0.481 e. The molecular formula is C13H25NO2. The summed E-state index contributed by atoms with van der Waals surface area (Å²) in [4.78, 5) is 13.0. The molecule has 0 spiro atoms. The van der Waals surface area contributed by atoms with Gasteiger partial charge in [-0.2, -0.15) is 0 Å². The van der Waals surface area contributed by atoms with E-state index in [1.807, 2.05) is 0 Å². The number of carboxylic acid groups (broad SMARTS) is 1. The van der Waals surface area contributed by atoms with Crippen LogP contribution in [0.15, 0.2) is 0 Å². The summed E-state index contributed by atoms with van der Waals surface area (Å²) in [7, 11) is 0. The molecule has 0 radical (unpaired) electrons. The topological polar surface area (TPSA) is 40.5 Å². The third-order valence-corrected chi connectivity index (χ3v) is 3.93. The lowest BCUT2D eigenvalue weighted by Crippen LogP contribution is -2.46. The van der Waals surface area contributed by atoms with E-state index in [0.717, 1.165) is 6.54 Å². The van der Waals surface area contributed by atoms with Crippen LogP contribution in [0.1, 0.15) is 46.5 Å². The Labute approximate surface area is 98.8 Å². The van der Waals surface area contributed by atoms with Gasteiger partial charge in [0.2, 0.25) is 0 Å². The van der Waals surface area contributed by atoms with Gasteiger partial charge in [0.15, 0.2) is 0 Å². The van der Waals surface area contributed by atoms with Crippen LogP contribution in [0.5, 0.6) is 0 Å². The van der Waals surface area contributed by atoms with Gasteiger partial charge < -0.3 is 5.11 Å². The highest BCUT2D eigenvalue weighted by atomic mass is 16.4. The smallest absolute Gasteiger partial charge is 0.304 e. The molecule has 1 rings (SSSR count). The Bertz CT molecular complexity index is 220. The second kappa shape index (κ2) is 6.24. The van der Waals surface area contributed by atoms with Crippen molar-refractivity contribution in [2.75, 3.05) is 13.1 Å². The van der Waals surface area contributed by atoms with Crippen molar-refractivity contribution in [1.82, 2.24) is 4.90 Å². The van der Waals surface area contributed by atoms with Crippen molar-refractivity contribution >= 4 is 5.97 Å². The van der Waals surface area contributed by atoms with Crippen molar-refractivity contribution < 1.29 is 9.90 Å². The van der Waals surface area contributed by atoms with Gasteiger partial charge in [-0.25, -0.2) is 0 Å². The lowest BCUT2D eigenvalue weighted by Gasteiger charge is -2.42. The van der Waals surface area contributed by atoms with E-state index in [1.54, 1.807) is 0 Å². The predicted molar refractivity (Wildman–Crippen MR) is 65.5 cm³/mol. The van der Waals surface area contributed by atoms with Crippen molar-refractivity contribution in [2.24, 2.45) is 11.8 Å². The predicted octanol–water partition coefficient (Wildman–Crippen LogP) is 2.61. The van der Waals surface area contributed by atoms with E-state index in [2.05, 4.69) is 25.7 Å². The number of hydrogen-bond donors (Lipinski definition) is 1. The Morgan fingerprint density at radius 1 is 1.31 bits per heavy atom. The summed E-state index contributed by atoms with van der Waals surface area (Å²) in [6.07, 6.45) is 4.18. The van der Waals surface area contributed by atoms with Crippen LogP contribution in [0.3, 0.4) is 0 Å². The molecule has 1 saturated carbocycles. The lowest BCUT2D eigenvalue weighted by atomic mass is 9.78. The highest BCUT2D eigenvalue weighted by molar-refractivity contribution is 5.66. The minimum atomic E-state index is -0.686. The standard InChI is InChI=1S/C13H25NO2/c1-4-14(9-8-12(15)16)13-10(2)6-5-7-11(13)3/h10-11,13H,4-9H2,1-3H3,(H,15,16). The van der Waals surface area contributed by atoms with E-state index >= 15 is 0 Å². The second-order valence-electron chi connectivity index (χ2n) is 5.15. The SMILES string of the molecule is CCN(CCC(=O)O)C1C(C)CCCC1C. The van der Waals surface area contributed by atoms with Crippen molar-refractivity contribution in [2.45, 2.75) is 52.5 Å². The van der Waals surface area contributed by atoms with Crippen molar-refractivity contribution in [1.29, 1.82) is 0 Å². The first kappa shape index (κ1) is 13.5. The molecule has 0 amide bonds. The van der Waals surface area contributed by atoms with Gasteiger partial charge in [0, 0.05) is 12.6 Å². The maximum atomic E-state index is 10.6. The molecule has 0 aliphatic heterocycles. The summed E-state index contributed by atoms with van der Waals surface area (Å²) < 4.78 is 0.